The van der Waals surface area contributed by atoms with Crippen molar-refractivity contribution in [1.29, 1.82) is 0 Å². The minimum atomic E-state index is 0. The fourth-order valence-corrected chi connectivity index (χ4v) is 7.65. The summed E-state index contributed by atoms with van der Waals surface area (Å²) < 4.78 is 0. The van der Waals surface area contributed by atoms with Gasteiger partial charge in [-0.2, -0.15) is 0 Å². The van der Waals surface area contributed by atoms with Crippen LogP contribution in [-0.4, -0.2) is 11.0 Å². The van der Waals surface area contributed by atoms with E-state index in [0.717, 1.165) is 51.4 Å². The normalized spacial score (nSPS) is 13.8. The van der Waals surface area contributed by atoms with Crippen molar-refractivity contribution in [3.05, 3.63) is 212 Å². The van der Waals surface area contributed by atoms with Gasteiger partial charge in [0.25, 0.3) is 0 Å². The zero-order valence-electron chi connectivity index (χ0n) is 42.0. The summed E-state index contributed by atoms with van der Waals surface area (Å²) in [6, 6.07) is 34.6. The van der Waals surface area contributed by atoms with Crippen LogP contribution in [-0.2, 0) is 71.7 Å². The second-order valence-electron chi connectivity index (χ2n) is 16.9. The smallest absolute Gasteiger partial charge is 1.00 e. The van der Waals surface area contributed by atoms with Crippen molar-refractivity contribution < 1.29 is 70.8 Å². The number of aryl methyl sites for hydroxylation is 4. The Kier molecular flexibility index (Phi) is 31.7. The zero-order chi connectivity index (χ0) is 47.0. The molecule has 0 aromatic heterocycles. The summed E-state index contributed by atoms with van der Waals surface area (Å²) in [4.78, 5) is 0. The maximum absolute atomic E-state index is 3.34. The Labute approximate surface area is 445 Å². The van der Waals surface area contributed by atoms with E-state index < -0.39 is 0 Å². The zero-order valence-corrected chi connectivity index (χ0v) is 52.7. The van der Waals surface area contributed by atoms with E-state index in [1.807, 2.05) is 0 Å². The number of allylic oxidation sites excluding steroid dienone is 16. The van der Waals surface area contributed by atoms with Gasteiger partial charge in [0.1, 0.15) is 0 Å². The number of rotatable bonds is 8. The summed E-state index contributed by atoms with van der Waals surface area (Å²) in [5.41, 5.74) is 22.6. The molecular weight excluding hydrogens is 1200 g/mol. The van der Waals surface area contributed by atoms with Crippen LogP contribution >= 0.6 is 0 Å². The standard InChI is InChI=1S/4C14H15.2C2H6Si.2ClH.2Hf/c4*1-3-12-6-4-5-7-14(12)13-9-8-11(2)10-13;2*1-3-2;;;;/h4*4-7,10H,3,9H2,1-2H3;2*1-2H3;2*1H;;/q4*-1;;;;;2*+2/p-2. The Bertz CT molecular complexity index is 2120. The molecule has 8 rings (SSSR count). The van der Waals surface area contributed by atoms with Crippen LogP contribution in [0, 0.1) is 24.3 Å². The van der Waals surface area contributed by atoms with Gasteiger partial charge in [-0.3, -0.25) is 24.3 Å². The first-order valence-corrected chi connectivity index (χ1v) is 39.0. The molecule has 0 spiro atoms. The maximum Gasteiger partial charge on any atom is -1.00 e. The molecule has 4 aliphatic rings. The van der Waals surface area contributed by atoms with Crippen LogP contribution in [0.5, 0.6) is 0 Å². The van der Waals surface area contributed by atoms with Gasteiger partial charge in [0, 0.05) is 0 Å². The van der Waals surface area contributed by atoms with E-state index in [0.29, 0.717) is 0 Å². The molecule has 0 aliphatic heterocycles. The molecule has 0 amide bonds. The summed E-state index contributed by atoms with van der Waals surface area (Å²) in [7, 11) is 0. The predicted molar refractivity (Wildman–Crippen MR) is 278 cm³/mol. The Morgan fingerprint density at radius 1 is 0.364 bits per heavy atom. The van der Waals surface area contributed by atoms with Gasteiger partial charge in [-0.1, -0.05) is 152 Å². The van der Waals surface area contributed by atoms with E-state index in [1.165, 1.54) is 135 Å². The van der Waals surface area contributed by atoms with Crippen LogP contribution in [0.3, 0.4) is 0 Å². The van der Waals surface area contributed by atoms with Crippen molar-refractivity contribution in [2.24, 2.45) is 0 Å². The van der Waals surface area contributed by atoms with Gasteiger partial charge < -0.3 is 24.8 Å². The fourth-order valence-electron chi connectivity index (χ4n) is 7.65. The molecule has 344 valence electrons. The summed E-state index contributed by atoms with van der Waals surface area (Å²) in [6.45, 7) is 26.6. The molecule has 6 heteroatoms. The monoisotopic (exact) mass is 1280 g/mol. The van der Waals surface area contributed by atoms with E-state index in [-0.39, 0.29) is 35.8 Å². The number of hydrogen-bond donors (Lipinski definition) is 0. The molecule has 0 heterocycles. The quantitative estimate of drug-likeness (QED) is 0.122. The topological polar surface area (TPSA) is 0 Å². The van der Waals surface area contributed by atoms with Gasteiger partial charge in [-0.25, -0.2) is 46.6 Å². The molecule has 0 atom stereocenters. The van der Waals surface area contributed by atoms with E-state index in [4.69, 9.17) is 0 Å². The molecule has 4 aromatic rings. The van der Waals surface area contributed by atoms with Crippen LogP contribution in [0.4, 0.5) is 0 Å². The van der Waals surface area contributed by atoms with Gasteiger partial charge in [-0.05, 0) is 70.2 Å². The van der Waals surface area contributed by atoms with Crippen molar-refractivity contribution in [2.75, 3.05) is 0 Å². The van der Waals surface area contributed by atoms with Crippen molar-refractivity contribution in [3.63, 3.8) is 0 Å². The van der Waals surface area contributed by atoms with E-state index >= 15 is 0 Å². The Morgan fingerprint density at radius 3 is 0.667 bits per heavy atom. The number of halogens is 2. The Morgan fingerprint density at radius 2 is 0.530 bits per heavy atom. The molecule has 0 saturated carbocycles. The van der Waals surface area contributed by atoms with Crippen molar-refractivity contribution in [2.45, 2.75) is 133 Å². The van der Waals surface area contributed by atoms with E-state index in [1.54, 1.807) is 0 Å². The first-order chi connectivity index (χ1) is 30.7. The van der Waals surface area contributed by atoms with E-state index in [2.05, 4.69) is 227 Å². The van der Waals surface area contributed by atoms with Crippen molar-refractivity contribution in [3.8, 4) is 0 Å². The molecule has 4 aromatic carbocycles. The second-order valence-corrected chi connectivity index (χ2v) is 42.4. The third-order valence-corrected chi connectivity index (χ3v) is 10.8. The minimum absolute atomic E-state index is 0. The molecule has 0 unspecified atom stereocenters. The second kappa shape index (κ2) is 33.9. The summed E-state index contributed by atoms with van der Waals surface area (Å²) in [6.07, 6.45) is 30.7. The molecule has 0 fully saturated rings. The van der Waals surface area contributed by atoms with Crippen LogP contribution in [0.1, 0.15) is 126 Å². The molecular formula is C60H72Cl2Hf2Si2-2. The minimum Gasteiger partial charge on any atom is -1.00 e. The summed E-state index contributed by atoms with van der Waals surface area (Å²) >= 11 is 2.90. The molecule has 0 N–H and O–H groups in total. The fraction of sp³-hybridized carbons (Fsp3) is 0.333. The SMILES string of the molecule is CCc1ccccc1C1=CC(C)=[C-]C1.CCc1ccccc1C1=CC(C)=[C-]C1.CCc1ccccc1C1=CC(C)=[C-]C1.CCc1ccccc1C1=CC(C)=[C-]C1.C[Si](C)=[Hf+2].C[Si](C)=[Hf+2].[Cl-].[Cl-]. The summed E-state index contributed by atoms with van der Waals surface area (Å²) in [5.74, 6) is 0. The predicted octanol–water partition coefficient (Wildman–Crippen LogP) is 10.7. The van der Waals surface area contributed by atoms with Crippen molar-refractivity contribution in [1.82, 2.24) is 0 Å². The van der Waals surface area contributed by atoms with Crippen LogP contribution in [0.2, 0.25) is 26.2 Å². The third-order valence-electron chi connectivity index (χ3n) is 10.8. The van der Waals surface area contributed by atoms with Gasteiger partial charge in [0.2, 0.25) is 0 Å². The molecule has 4 aliphatic carbocycles. The third kappa shape index (κ3) is 21.9. The molecule has 66 heavy (non-hydrogen) atoms. The molecule has 0 bridgehead atoms. The number of hydrogen-bond acceptors (Lipinski definition) is 0. The van der Waals surface area contributed by atoms with Gasteiger partial charge in [0.15, 0.2) is 0 Å². The molecule has 0 saturated heterocycles. The first-order valence-electron chi connectivity index (χ1n) is 23.2. The average Bonchev–Trinajstić information content (AvgIpc) is 4.13. The summed E-state index contributed by atoms with van der Waals surface area (Å²) in [5, 5.41) is 0. The van der Waals surface area contributed by atoms with Gasteiger partial charge in [0.05, 0.1) is 0 Å². The Hall–Kier alpha value is -2.45. The maximum atomic E-state index is 3.34. The number of benzene rings is 4. The Balaban J connectivity index is 0.000000413. The van der Waals surface area contributed by atoms with E-state index in [9.17, 15) is 0 Å². The van der Waals surface area contributed by atoms with Crippen molar-refractivity contribution >= 4 is 33.3 Å². The van der Waals surface area contributed by atoms with Gasteiger partial charge in [-0.15, -0.1) is 48.0 Å². The van der Waals surface area contributed by atoms with Crippen LogP contribution < -0.4 is 24.8 Å². The molecule has 0 nitrogen and oxygen atoms in total. The average molecular weight is 1280 g/mol. The van der Waals surface area contributed by atoms with Gasteiger partial charge >= 0.3 is 83.2 Å². The van der Waals surface area contributed by atoms with Crippen LogP contribution in [0.15, 0.2) is 144 Å². The molecule has 0 radical (unpaired) electrons. The van der Waals surface area contributed by atoms with Crippen LogP contribution in [0.25, 0.3) is 22.3 Å². The first kappa shape index (κ1) is 61.6. The largest absolute Gasteiger partial charge is 1.00 e.